The maximum absolute atomic E-state index is 12.3. The van der Waals surface area contributed by atoms with Crippen molar-refractivity contribution in [3.05, 3.63) is 48.5 Å². The zero-order valence-electron chi connectivity index (χ0n) is 14.9. The molecule has 2 aromatic carbocycles. The van der Waals surface area contributed by atoms with Crippen molar-refractivity contribution in [3.63, 3.8) is 0 Å². The molecule has 2 aliphatic rings. The van der Waals surface area contributed by atoms with Crippen molar-refractivity contribution in [1.82, 2.24) is 8.61 Å². The van der Waals surface area contributed by atoms with Crippen LogP contribution in [0.1, 0.15) is 13.8 Å². The third kappa shape index (κ3) is 3.47. The van der Waals surface area contributed by atoms with Crippen molar-refractivity contribution in [2.75, 3.05) is 13.1 Å². The highest BCUT2D eigenvalue weighted by molar-refractivity contribution is 7.89. The summed E-state index contributed by atoms with van der Waals surface area (Å²) in [6, 6.07) is 12.5. The van der Waals surface area contributed by atoms with Crippen molar-refractivity contribution in [2.24, 2.45) is 0 Å². The van der Waals surface area contributed by atoms with Crippen LogP contribution in [0.3, 0.4) is 0 Å². The molecule has 27 heavy (non-hydrogen) atoms. The fraction of sp³-hybridized carbons (Fsp3) is 0.333. The van der Waals surface area contributed by atoms with Crippen molar-refractivity contribution in [3.8, 4) is 11.5 Å². The summed E-state index contributed by atoms with van der Waals surface area (Å²) < 4.78 is 57.8. The second-order valence-corrected chi connectivity index (χ2v) is 10.7. The molecule has 144 valence electrons. The summed E-state index contributed by atoms with van der Waals surface area (Å²) in [5.41, 5.74) is 0. The molecule has 0 spiro atoms. The third-order valence-electron chi connectivity index (χ3n) is 4.70. The van der Waals surface area contributed by atoms with E-state index in [1.807, 2.05) is 13.8 Å². The molecule has 2 saturated heterocycles. The van der Waals surface area contributed by atoms with Gasteiger partial charge in [0.1, 0.15) is 11.5 Å². The van der Waals surface area contributed by atoms with Gasteiger partial charge in [0, 0.05) is 25.2 Å². The largest absolute Gasteiger partial charge is 0.457 e. The molecule has 2 heterocycles. The highest BCUT2D eigenvalue weighted by Crippen LogP contribution is 2.31. The van der Waals surface area contributed by atoms with Crippen LogP contribution >= 0.6 is 0 Å². The Morgan fingerprint density at radius 1 is 0.704 bits per heavy atom. The minimum Gasteiger partial charge on any atom is -0.457 e. The van der Waals surface area contributed by atoms with Crippen LogP contribution in [0.4, 0.5) is 0 Å². The molecule has 7 nitrogen and oxygen atoms in total. The molecule has 2 fully saturated rings. The van der Waals surface area contributed by atoms with E-state index >= 15 is 0 Å². The minimum atomic E-state index is -3.43. The van der Waals surface area contributed by atoms with E-state index in [1.165, 1.54) is 32.9 Å². The Kier molecular flexibility index (Phi) is 4.30. The summed E-state index contributed by atoms with van der Waals surface area (Å²) in [4.78, 5) is 0.460. The summed E-state index contributed by atoms with van der Waals surface area (Å²) in [6.45, 7) is 4.82. The molecule has 0 aliphatic carbocycles. The van der Waals surface area contributed by atoms with Gasteiger partial charge in [0.25, 0.3) is 0 Å². The predicted molar refractivity (Wildman–Crippen MR) is 99.7 cm³/mol. The van der Waals surface area contributed by atoms with Crippen LogP contribution in [-0.4, -0.2) is 50.6 Å². The van der Waals surface area contributed by atoms with Crippen LogP contribution in [-0.2, 0) is 20.0 Å². The number of rotatable bonds is 6. The highest BCUT2D eigenvalue weighted by atomic mass is 32.2. The smallest absolute Gasteiger partial charge is 0.243 e. The lowest BCUT2D eigenvalue weighted by molar-refractivity contribution is 0.481. The van der Waals surface area contributed by atoms with Crippen LogP contribution < -0.4 is 4.74 Å². The molecular formula is C18H20N2O5S2. The Balaban J connectivity index is 1.47. The number of hydrogen-bond acceptors (Lipinski definition) is 5. The van der Waals surface area contributed by atoms with Gasteiger partial charge in [-0.2, -0.15) is 8.61 Å². The van der Waals surface area contributed by atoms with Gasteiger partial charge in [0.05, 0.1) is 9.79 Å². The van der Waals surface area contributed by atoms with E-state index in [2.05, 4.69) is 0 Å². The monoisotopic (exact) mass is 408 g/mol. The molecule has 4 rings (SSSR count). The fourth-order valence-electron chi connectivity index (χ4n) is 2.86. The first-order valence-corrected chi connectivity index (χ1v) is 11.5. The standard InChI is InChI=1S/C18H20N2O5S2/c1-13-11-19(13)26(21,22)17-7-3-15(4-8-17)25-16-5-9-18(10-6-16)27(23,24)20-12-14(20)2/h3-10,13-14H,11-12H2,1-2H3. The minimum absolute atomic E-state index is 0.0515. The molecule has 4 atom stereocenters. The lowest BCUT2D eigenvalue weighted by atomic mass is 10.3. The highest BCUT2D eigenvalue weighted by Gasteiger charge is 2.41. The lowest BCUT2D eigenvalue weighted by Crippen LogP contribution is -2.13. The van der Waals surface area contributed by atoms with Gasteiger partial charge in [-0.25, -0.2) is 16.8 Å². The van der Waals surface area contributed by atoms with E-state index in [0.29, 0.717) is 24.6 Å². The number of hydrogen-bond donors (Lipinski definition) is 0. The molecule has 0 N–H and O–H groups in total. The summed E-state index contributed by atoms with van der Waals surface area (Å²) in [5.74, 6) is 0.950. The zero-order valence-corrected chi connectivity index (χ0v) is 16.6. The van der Waals surface area contributed by atoms with Crippen LogP contribution in [0, 0.1) is 0 Å². The lowest BCUT2D eigenvalue weighted by Gasteiger charge is -2.09. The van der Waals surface area contributed by atoms with Gasteiger partial charge in [-0.3, -0.25) is 0 Å². The molecule has 0 bridgehead atoms. The average molecular weight is 409 g/mol. The Hall–Kier alpha value is -1.94. The van der Waals surface area contributed by atoms with Gasteiger partial charge in [-0.05, 0) is 62.4 Å². The van der Waals surface area contributed by atoms with Gasteiger partial charge in [-0.15, -0.1) is 0 Å². The maximum Gasteiger partial charge on any atom is 0.243 e. The normalized spacial score (nSPS) is 27.2. The van der Waals surface area contributed by atoms with Gasteiger partial charge in [0.2, 0.25) is 20.0 Å². The second-order valence-electron chi connectivity index (χ2n) is 6.89. The molecule has 0 aromatic heterocycles. The zero-order chi connectivity index (χ0) is 19.4. The topological polar surface area (TPSA) is 83.5 Å². The van der Waals surface area contributed by atoms with Crippen LogP contribution in [0.25, 0.3) is 0 Å². The van der Waals surface area contributed by atoms with Crippen LogP contribution in [0.2, 0.25) is 0 Å². The number of benzene rings is 2. The molecule has 4 unspecified atom stereocenters. The maximum atomic E-state index is 12.3. The average Bonchev–Trinajstić information content (AvgIpc) is 3.54. The van der Waals surface area contributed by atoms with E-state index in [-0.39, 0.29) is 21.9 Å². The molecule has 2 aromatic rings. The van der Waals surface area contributed by atoms with Crippen molar-refractivity contribution in [1.29, 1.82) is 0 Å². The summed E-state index contributed by atoms with van der Waals surface area (Å²) in [5, 5.41) is 0. The number of nitrogens with zero attached hydrogens (tertiary/aromatic N) is 2. The molecule has 9 heteroatoms. The third-order valence-corrected chi connectivity index (χ3v) is 8.69. The first-order valence-electron chi connectivity index (χ1n) is 8.61. The first kappa shape index (κ1) is 18.4. The van der Waals surface area contributed by atoms with Gasteiger partial charge >= 0.3 is 0 Å². The van der Waals surface area contributed by atoms with Crippen LogP contribution in [0.5, 0.6) is 11.5 Å². The Morgan fingerprint density at radius 3 is 1.26 bits per heavy atom. The van der Waals surface area contributed by atoms with Crippen molar-refractivity contribution in [2.45, 2.75) is 35.7 Å². The quantitative estimate of drug-likeness (QED) is 0.685. The molecule has 2 aliphatic heterocycles. The van der Waals surface area contributed by atoms with Gasteiger partial charge in [-0.1, -0.05) is 0 Å². The summed E-state index contributed by atoms with van der Waals surface area (Å²) >= 11 is 0. The SMILES string of the molecule is CC1CN1S(=O)(=O)c1ccc(Oc2ccc(S(=O)(=O)N3CC3C)cc2)cc1. The Bertz CT molecular complexity index is 976. The van der Waals surface area contributed by atoms with E-state index < -0.39 is 20.0 Å². The van der Waals surface area contributed by atoms with E-state index in [0.717, 1.165) is 0 Å². The number of ether oxygens (including phenoxy) is 1. The van der Waals surface area contributed by atoms with Crippen molar-refractivity contribution < 1.29 is 21.6 Å². The van der Waals surface area contributed by atoms with Crippen molar-refractivity contribution >= 4 is 20.0 Å². The van der Waals surface area contributed by atoms with Gasteiger partial charge < -0.3 is 4.74 Å². The Labute approximate surface area is 159 Å². The van der Waals surface area contributed by atoms with E-state index in [9.17, 15) is 16.8 Å². The second kappa shape index (κ2) is 6.30. The first-order chi connectivity index (χ1) is 12.7. The summed E-state index contributed by atoms with van der Waals surface area (Å²) in [6.07, 6.45) is 0. The molecule has 0 saturated carbocycles. The number of sulfonamides is 2. The van der Waals surface area contributed by atoms with E-state index in [4.69, 9.17) is 4.74 Å². The molecular weight excluding hydrogens is 388 g/mol. The van der Waals surface area contributed by atoms with E-state index in [1.54, 1.807) is 24.3 Å². The van der Waals surface area contributed by atoms with Crippen LogP contribution in [0.15, 0.2) is 58.3 Å². The van der Waals surface area contributed by atoms with Gasteiger partial charge in [0.15, 0.2) is 0 Å². The molecule has 0 radical (unpaired) electrons. The Morgan fingerprint density at radius 2 is 1.00 bits per heavy atom. The molecule has 0 amide bonds. The predicted octanol–water partition coefficient (Wildman–Crippen LogP) is 2.26. The fourth-order valence-corrected chi connectivity index (χ4v) is 6.14. The summed E-state index contributed by atoms with van der Waals surface area (Å²) in [7, 11) is -6.85.